The van der Waals surface area contributed by atoms with Crippen molar-refractivity contribution < 1.29 is 69.4 Å². The van der Waals surface area contributed by atoms with Crippen molar-refractivity contribution >= 4 is 18.4 Å². The highest BCUT2D eigenvalue weighted by atomic mass is 32.2. The molecule has 0 N–H and O–H groups in total. The van der Waals surface area contributed by atoms with Crippen LogP contribution in [-0.2, 0) is 14.0 Å². The Morgan fingerprint density at radius 1 is 0.600 bits per heavy atom. The lowest BCUT2D eigenvalue weighted by Crippen LogP contribution is -2.71. The quantitative estimate of drug-likeness (QED) is 0.308. The third-order valence-corrected chi connectivity index (χ3v) is 11.4. The number of hydrogen-bond donors (Lipinski definition) is 0. The summed E-state index contributed by atoms with van der Waals surface area (Å²) < 4.78 is 197. The van der Waals surface area contributed by atoms with E-state index in [1.165, 1.54) is 0 Å². The van der Waals surface area contributed by atoms with Gasteiger partial charge in [0.15, 0.2) is 0 Å². The average molecular weight is 514 g/mol. The molecule has 0 saturated heterocycles. The van der Waals surface area contributed by atoms with E-state index in [0.29, 0.717) is 0 Å². The van der Waals surface area contributed by atoms with Crippen LogP contribution in [0.2, 0.25) is 18.1 Å². The third-order valence-electron chi connectivity index (χ3n) is 4.34. The highest BCUT2D eigenvalue weighted by Crippen LogP contribution is 2.61. The van der Waals surface area contributed by atoms with Crippen molar-refractivity contribution in [3.63, 3.8) is 0 Å². The molecule has 30 heavy (non-hydrogen) atoms. The van der Waals surface area contributed by atoms with Crippen LogP contribution in [0.15, 0.2) is 0 Å². The molecule has 0 fully saturated rings. The highest BCUT2D eigenvalue weighted by molar-refractivity contribution is 7.89. The van der Waals surface area contributed by atoms with Crippen molar-refractivity contribution in [1.82, 2.24) is 0 Å². The molecule has 0 aliphatic rings. The molecule has 0 rings (SSSR count). The van der Waals surface area contributed by atoms with Crippen LogP contribution in [0.1, 0.15) is 20.8 Å². The average Bonchev–Trinajstić information content (AvgIpc) is 2.42. The number of halogens is 13. The van der Waals surface area contributed by atoms with Crippen LogP contribution in [0, 0.1) is 0 Å². The Bertz CT molecular complexity index is 750. The minimum Gasteiger partial charge on any atom is -0.310 e. The van der Waals surface area contributed by atoms with Crippen LogP contribution in [0.3, 0.4) is 0 Å². The summed E-state index contributed by atoms with van der Waals surface area (Å²) >= 11 is 0. The van der Waals surface area contributed by atoms with Crippen molar-refractivity contribution in [3.8, 4) is 0 Å². The zero-order valence-corrected chi connectivity index (χ0v) is 17.4. The van der Waals surface area contributed by atoms with E-state index in [9.17, 15) is 65.5 Å². The predicted molar refractivity (Wildman–Crippen MR) is 78.0 cm³/mol. The lowest BCUT2D eigenvalue weighted by molar-refractivity contribution is -0.433. The second-order valence-corrected chi connectivity index (χ2v) is 14.2. The van der Waals surface area contributed by atoms with Crippen molar-refractivity contribution in [2.45, 2.75) is 74.0 Å². The Morgan fingerprint density at radius 2 is 0.900 bits per heavy atom. The van der Waals surface area contributed by atoms with E-state index in [4.69, 9.17) is 0 Å². The summed E-state index contributed by atoms with van der Waals surface area (Å²) in [6.07, 6.45) is -7.58. The minimum atomic E-state index is -8.20. The first-order valence-electron chi connectivity index (χ1n) is 7.37. The number of rotatable bonds is 7. The van der Waals surface area contributed by atoms with E-state index in [0.717, 1.165) is 33.9 Å². The standard InChI is InChI=1S/C12H15F13O3SSi/c1-6(2,3)30(4,5)28-29(26,27)12(24,25)10(19,20)8(15,16)7(13,14)9(17,18)11(21,22)23/h1-5H3. The molecule has 0 unspecified atom stereocenters. The Kier molecular flexibility index (Phi) is 6.93. The Morgan fingerprint density at radius 3 is 1.17 bits per heavy atom. The molecule has 0 aromatic rings. The molecular formula is C12H15F13O3SSi. The van der Waals surface area contributed by atoms with Gasteiger partial charge in [0.2, 0.25) is 8.32 Å². The van der Waals surface area contributed by atoms with Gasteiger partial charge >= 0.3 is 45.2 Å². The first-order chi connectivity index (χ1) is 12.5. The van der Waals surface area contributed by atoms with Gasteiger partial charge in [0, 0.05) is 0 Å². The smallest absolute Gasteiger partial charge is 0.310 e. The van der Waals surface area contributed by atoms with Gasteiger partial charge in [-0.2, -0.15) is 65.5 Å². The SMILES string of the molecule is CC(C)(C)[Si](C)(C)OS(=O)(=O)C(F)(F)C(F)(F)C(F)(F)C(F)(F)C(F)(F)C(F)(F)F. The first-order valence-corrected chi connectivity index (χ1v) is 11.7. The van der Waals surface area contributed by atoms with E-state index in [1.807, 2.05) is 0 Å². The fourth-order valence-corrected chi connectivity index (χ4v) is 5.42. The maximum atomic E-state index is 13.8. The molecule has 0 atom stereocenters. The van der Waals surface area contributed by atoms with Gasteiger partial charge in [-0.3, -0.25) is 0 Å². The summed E-state index contributed by atoms with van der Waals surface area (Å²) in [7, 11) is -11.3. The lowest BCUT2D eigenvalue weighted by Gasteiger charge is -2.41. The maximum absolute atomic E-state index is 13.8. The summed E-state index contributed by atoms with van der Waals surface area (Å²) in [5.41, 5.74) is 0. The van der Waals surface area contributed by atoms with Crippen LogP contribution in [0.25, 0.3) is 0 Å². The summed E-state index contributed by atoms with van der Waals surface area (Å²) in [6, 6.07) is 0. The molecule has 0 bridgehead atoms. The second-order valence-electron chi connectivity index (χ2n) is 7.61. The summed E-state index contributed by atoms with van der Waals surface area (Å²) in [6.45, 7) is 5.10. The molecule has 18 heteroatoms. The molecule has 0 aromatic carbocycles. The highest BCUT2D eigenvalue weighted by Gasteiger charge is 2.92. The monoisotopic (exact) mass is 514 g/mol. The molecule has 0 aliphatic carbocycles. The van der Waals surface area contributed by atoms with Gasteiger partial charge in [-0.25, -0.2) is 0 Å². The lowest BCUT2D eigenvalue weighted by atomic mass is 9.98. The van der Waals surface area contributed by atoms with Gasteiger partial charge in [0.1, 0.15) is 0 Å². The number of hydrogen-bond acceptors (Lipinski definition) is 3. The Hall–Kier alpha value is -0.783. The maximum Gasteiger partial charge on any atom is 0.460 e. The molecule has 0 aromatic heterocycles. The van der Waals surface area contributed by atoms with Crippen LogP contribution in [0.4, 0.5) is 57.1 Å². The fourth-order valence-electron chi connectivity index (χ4n) is 1.36. The van der Waals surface area contributed by atoms with Crippen molar-refractivity contribution in [3.05, 3.63) is 0 Å². The molecule has 0 amide bonds. The van der Waals surface area contributed by atoms with Gasteiger partial charge in [-0.05, 0) is 18.1 Å². The molecule has 0 heterocycles. The Balaban J connectivity index is 6.64. The number of alkyl halides is 13. The third kappa shape index (κ3) is 4.02. The van der Waals surface area contributed by atoms with Gasteiger partial charge in [0.05, 0.1) is 0 Å². The van der Waals surface area contributed by atoms with Crippen LogP contribution in [-0.4, -0.2) is 51.9 Å². The molecule has 0 aliphatic heterocycles. The van der Waals surface area contributed by atoms with Crippen LogP contribution >= 0.6 is 0 Å². The van der Waals surface area contributed by atoms with E-state index in [2.05, 4.69) is 3.87 Å². The van der Waals surface area contributed by atoms with Gasteiger partial charge in [-0.1, -0.05) is 20.8 Å². The molecule has 0 saturated carbocycles. The normalized spacial score (nSPS) is 16.7. The Labute approximate surface area is 162 Å². The van der Waals surface area contributed by atoms with E-state index >= 15 is 0 Å². The van der Waals surface area contributed by atoms with Crippen molar-refractivity contribution in [2.24, 2.45) is 0 Å². The van der Waals surface area contributed by atoms with Gasteiger partial charge < -0.3 is 3.87 Å². The van der Waals surface area contributed by atoms with E-state index in [-0.39, 0.29) is 0 Å². The van der Waals surface area contributed by atoms with Gasteiger partial charge in [-0.15, -0.1) is 0 Å². The van der Waals surface area contributed by atoms with Gasteiger partial charge in [0.25, 0.3) is 0 Å². The zero-order valence-electron chi connectivity index (χ0n) is 15.5. The minimum absolute atomic E-state index is 0.823. The van der Waals surface area contributed by atoms with Crippen LogP contribution in [0.5, 0.6) is 0 Å². The largest absolute Gasteiger partial charge is 0.460 e. The molecule has 0 spiro atoms. The summed E-state index contributed by atoms with van der Waals surface area (Å²) in [5, 5.41) is -8.69. The molecule has 0 radical (unpaired) electrons. The second kappa shape index (κ2) is 7.11. The molecule has 3 nitrogen and oxygen atoms in total. The fraction of sp³-hybridized carbons (Fsp3) is 1.00. The van der Waals surface area contributed by atoms with Crippen molar-refractivity contribution in [1.29, 1.82) is 0 Å². The summed E-state index contributed by atoms with van der Waals surface area (Å²) in [4.78, 5) is 0. The molecule has 182 valence electrons. The van der Waals surface area contributed by atoms with Crippen LogP contribution < -0.4 is 0 Å². The van der Waals surface area contributed by atoms with Crippen molar-refractivity contribution in [2.75, 3.05) is 0 Å². The first kappa shape index (κ1) is 29.2. The van der Waals surface area contributed by atoms with E-state index in [1.54, 1.807) is 0 Å². The topological polar surface area (TPSA) is 43.4 Å². The predicted octanol–water partition coefficient (Wildman–Crippen LogP) is 6.03. The van der Waals surface area contributed by atoms with E-state index < -0.39 is 58.6 Å². The molecular weight excluding hydrogens is 499 g/mol. The zero-order chi connectivity index (χ0) is 25.2. The summed E-state index contributed by atoms with van der Waals surface area (Å²) in [5.74, 6) is -32.3.